The average Bonchev–Trinajstić information content (AvgIpc) is 2.48. The quantitative estimate of drug-likeness (QED) is 0.474. The van der Waals surface area contributed by atoms with Crippen LogP contribution in [0.3, 0.4) is 0 Å². The zero-order chi connectivity index (χ0) is 19.9. The van der Waals surface area contributed by atoms with Gasteiger partial charge in [-0.15, -0.1) is 24.0 Å². The van der Waals surface area contributed by atoms with Crippen LogP contribution in [0.2, 0.25) is 0 Å². The van der Waals surface area contributed by atoms with Crippen molar-refractivity contribution in [2.75, 3.05) is 0 Å². The van der Waals surface area contributed by atoms with Gasteiger partial charge in [-0.05, 0) is 12.1 Å². The van der Waals surface area contributed by atoms with E-state index in [-0.39, 0.29) is 10.6 Å². The second kappa shape index (κ2) is 15.1. The molecule has 25 heavy (non-hydrogen) atoms. The molecule has 0 atom stereocenters. The molecule has 0 aliphatic rings. The molecule has 0 saturated carbocycles. The molecule has 142 valence electrons. The Balaban J connectivity index is 0. The first-order valence-corrected chi connectivity index (χ1v) is 13.8. The normalized spacial score (nSPS) is 9.24. The summed E-state index contributed by atoms with van der Waals surface area (Å²) in [5, 5.41) is 0. The molecule has 0 bridgehead atoms. The van der Waals surface area contributed by atoms with E-state index < -0.39 is 37.2 Å². The van der Waals surface area contributed by atoms with Crippen LogP contribution in [0.5, 0.6) is 0 Å². The minimum absolute atomic E-state index is 0.187. The molecule has 3 N–H and O–H groups in total. The van der Waals surface area contributed by atoms with Crippen molar-refractivity contribution in [1.29, 1.82) is 0 Å². The molecule has 0 amide bonds. The third-order valence-corrected chi connectivity index (χ3v) is 2.79. The van der Waals surface area contributed by atoms with E-state index in [1.165, 1.54) is 24.3 Å². The van der Waals surface area contributed by atoms with E-state index in [9.17, 15) is 8.42 Å². The molecule has 2 rings (SSSR count). The molecule has 0 heterocycles. The zero-order valence-electron chi connectivity index (χ0n) is 12.1. The summed E-state index contributed by atoms with van der Waals surface area (Å²) in [5.74, 6) is 0. The van der Waals surface area contributed by atoms with Crippen LogP contribution < -0.4 is 0 Å². The number of nitrogens with one attached hydrogen (secondary N) is 2. The monoisotopic (exact) mass is 609 g/mol. The first-order chi connectivity index (χ1) is 11.5. The minimum atomic E-state index is -4.10. The van der Waals surface area contributed by atoms with Crippen molar-refractivity contribution in [3.05, 3.63) is 66.1 Å². The fourth-order valence-electron chi connectivity index (χ4n) is 1.07. The van der Waals surface area contributed by atoms with E-state index in [4.69, 9.17) is 47.5 Å². The van der Waals surface area contributed by atoms with Gasteiger partial charge in [0.1, 0.15) is 0 Å². The van der Waals surface area contributed by atoms with Crippen molar-refractivity contribution in [2.24, 2.45) is 0 Å². The van der Waals surface area contributed by atoms with Crippen molar-refractivity contribution in [1.82, 2.24) is 0 Å². The number of hydrogen-bond donors (Lipinski definition) is 1. The third kappa shape index (κ3) is 19.0. The van der Waals surface area contributed by atoms with Crippen LogP contribution in [0, 0.1) is 0 Å². The van der Waals surface area contributed by atoms with Crippen LogP contribution >= 0.6 is 18.8 Å². The molecule has 0 radical (unpaired) electrons. The molecule has 8 nitrogen and oxygen atoms in total. The first-order valence-electron chi connectivity index (χ1n) is 5.69. The Morgan fingerprint density at radius 1 is 0.840 bits per heavy atom. The summed E-state index contributed by atoms with van der Waals surface area (Å²) >= 11 is -0.472. The Morgan fingerprint density at radius 3 is 1.40 bits per heavy atom. The smallest absolute Gasteiger partial charge is 0.294 e. The van der Waals surface area contributed by atoms with Crippen LogP contribution in [-0.2, 0) is 37.2 Å². The Labute approximate surface area is 163 Å². The maximum Gasteiger partial charge on any atom is 0.294 e. The molecular formula is C12H12Cl2N2O6PtS2. The van der Waals surface area contributed by atoms with Gasteiger partial charge in [0.05, 0.1) is 4.90 Å². The largest absolute Gasteiger partial charge is 0.699 e. The third-order valence-electron chi connectivity index (χ3n) is 1.93. The van der Waals surface area contributed by atoms with Crippen molar-refractivity contribution in [3.63, 3.8) is 0 Å². The molecule has 2 aromatic carbocycles. The van der Waals surface area contributed by atoms with Crippen LogP contribution in [0.15, 0.2) is 59.5 Å². The second-order valence-corrected chi connectivity index (χ2v) is 8.73. The van der Waals surface area contributed by atoms with Crippen molar-refractivity contribution in [2.45, 2.75) is 4.90 Å². The Morgan fingerprint density at radius 2 is 1.16 bits per heavy atom. The van der Waals surface area contributed by atoms with Crippen LogP contribution in [0.1, 0.15) is 0 Å². The van der Waals surface area contributed by atoms with E-state index in [0.717, 1.165) is 0 Å². The summed E-state index contributed by atoms with van der Waals surface area (Å²) < 4.78 is 54.7. The number of hydrogen-bond acceptors (Lipinski definition) is 5. The van der Waals surface area contributed by atoms with Gasteiger partial charge < -0.3 is 11.5 Å². The van der Waals surface area contributed by atoms with Gasteiger partial charge in [0.15, 0.2) is 0 Å². The van der Waals surface area contributed by atoms with Crippen molar-refractivity contribution in [3.8, 4) is 0 Å². The van der Waals surface area contributed by atoms with Crippen LogP contribution in [0.25, 0.3) is 11.5 Å². The molecule has 2 aromatic rings. The molecule has 0 aliphatic carbocycles. The van der Waals surface area contributed by atoms with Crippen LogP contribution in [0.4, 0.5) is 11.4 Å². The fraction of sp³-hybridized carbons (Fsp3) is 0. The standard InChI is InChI=1S/C6H6NO3S.C6H6N.2ClH.O3S.Pt/c7-5-1-3-6(4-2-5)11(8,9)10;7-6-4-2-1-3-5-6;;;1-4(2)3;/h1-4,7H,(H,8,9,10);1-5,7H;2*1H;;/q2*-1;;;;+4/p-2. The molecule has 0 fully saturated rings. The summed E-state index contributed by atoms with van der Waals surface area (Å²) in [7, 11) is 2.54. The van der Waals surface area contributed by atoms with Gasteiger partial charge in [0.25, 0.3) is 10.1 Å². The molecule has 0 aromatic heterocycles. The van der Waals surface area contributed by atoms with E-state index >= 15 is 0 Å². The summed E-state index contributed by atoms with van der Waals surface area (Å²) in [6.45, 7) is 0. The topological polar surface area (TPSA) is 153 Å². The van der Waals surface area contributed by atoms with E-state index in [1.54, 1.807) is 12.1 Å². The predicted molar refractivity (Wildman–Crippen MR) is 92.1 cm³/mol. The summed E-state index contributed by atoms with van der Waals surface area (Å²) in [6.07, 6.45) is 0. The maximum absolute atomic E-state index is 10.4. The molecular weight excluding hydrogens is 598 g/mol. The van der Waals surface area contributed by atoms with Gasteiger partial charge in [-0.2, -0.15) is 8.42 Å². The number of rotatable bonds is 1. The predicted octanol–water partition coefficient (Wildman–Crippen LogP) is 4.36. The molecule has 0 aliphatic heterocycles. The van der Waals surface area contributed by atoms with Gasteiger partial charge in [-0.25, -0.2) is 0 Å². The summed E-state index contributed by atoms with van der Waals surface area (Å²) in [6, 6.07) is 14.0. The Bertz CT molecular complexity index is 797. The average molecular weight is 610 g/mol. The molecule has 13 heteroatoms. The van der Waals surface area contributed by atoms with Crippen LogP contribution in [-0.4, -0.2) is 25.6 Å². The van der Waals surface area contributed by atoms with Gasteiger partial charge in [-0.1, -0.05) is 42.5 Å². The van der Waals surface area contributed by atoms with Gasteiger partial charge in [0.2, 0.25) is 0 Å². The first kappa shape index (κ1) is 26.1. The molecule has 0 spiro atoms. The van der Waals surface area contributed by atoms with Gasteiger partial charge >= 0.3 is 45.9 Å². The molecule has 0 saturated heterocycles. The van der Waals surface area contributed by atoms with E-state index in [0.29, 0.717) is 5.69 Å². The zero-order valence-corrected chi connectivity index (χ0v) is 17.5. The van der Waals surface area contributed by atoms with E-state index in [2.05, 4.69) is 0 Å². The second-order valence-electron chi connectivity index (χ2n) is 3.61. The van der Waals surface area contributed by atoms with E-state index in [1.807, 2.05) is 18.2 Å². The Kier molecular flexibility index (Phi) is 15.8. The van der Waals surface area contributed by atoms with Crippen molar-refractivity contribution < 1.29 is 42.1 Å². The summed E-state index contributed by atoms with van der Waals surface area (Å²) in [4.78, 5) is -0.187. The number of halogens is 2. The van der Waals surface area contributed by atoms with Gasteiger partial charge in [-0.3, -0.25) is 4.55 Å². The maximum atomic E-state index is 10.4. The summed E-state index contributed by atoms with van der Waals surface area (Å²) in [5.41, 5.74) is 14.8. The number of benzene rings is 2. The fourth-order valence-corrected chi connectivity index (χ4v) is 1.55. The molecule has 0 unspecified atom stereocenters. The van der Waals surface area contributed by atoms with Gasteiger partial charge in [0, 0.05) is 0 Å². The minimum Gasteiger partial charge on any atom is -0.699 e. The van der Waals surface area contributed by atoms with Crippen molar-refractivity contribution >= 4 is 50.9 Å². The Hall–Kier alpha value is -1.16. The SMILES string of the molecule is O=S(=O)=O.[Cl][Pt+2][Cl].[NH-]c1ccc(S(=O)(=O)O)cc1.[NH-]c1ccccc1.